The maximum Gasteiger partial charge on any atom is 0.326 e. The standard InChI is InChI=1S/C31H43NO4S2.Li/c1-4-38-21-25(18-23-11-6-5-7-12-23)36-20-24-14-15-27(28(19-24)26-13-9-8-10-22(26)2)30(33)32-29(31(34)35)16-17-37-3;/h8-10,13-15,19,23,25,29H,4-7,11-12,16-18,20-21H2,1-3H3,(H,32,33)(H,34,35);/t25?,29-;/m0./s1. The van der Waals surface area contributed by atoms with Gasteiger partial charge in [0.15, 0.2) is 0 Å². The van der Waals surface area contributed by atoms with Crippen molar-refractivity contribution in [2.24, 2.45) is 5.92 Å². The fourth-order valence-electron chi connectivity index (χ4n) is 5.15. The molecule has 0 aromatic heterocycles. The van der Waals surface area contributed by atoms with Crippen molar-refractivity contribution >= 4 is 54.3 Å². The second-order valence-electron chi connectivity index (χ2n) is 10.2. The normalized spacial score (nSPS) is 15.3. The van der Waals surface area contributed by atoms with Gasteiger partial charge >= 0.3 is 5.97 Å². The molecule has 1 unspecified atom stereocenters. The smallest absolute Gasteiger partial charge is 0.326 e. The first-order valence-electron chi connectivity index (χ1n) is 13.8. The second-order valence-corrected chi connectivity index (χ2v) is 12.5. The van der Waals surface area contributed by atoms with Crippen LogP contribution in [0.15, 0.2) is 42.5 Å². The minimum Gasteiger partial charge on any atom is -0.480 e. The molecule has 2 N–H and O–H groups in total. The third kappa shape index (κ3) is 10.9. The number of carbonyl (C=O) groups is 2. The van der Waals surface area contributed by atoms with Gasteiger partial charge in [-0.25, -0.2) is 4.79 Å². The number of carbonyl (C=O) groups excluding carboxylic acids is 1. The molecule has 2 aromatic carbocycles. The molecule has 0 bridgehead atoms. The Morgan fingerprint density at radius 1 is 1.10 bits per heavy atom. The van der Waals surface area contributed by atoms with E-state index in [0.717, 1.165) is 46.1 Å². The summed E-state index contributed by atoms with van der Waals surface area (Å²) in [4.78, 5) is 25.1. The zero-order valence-corrected chi connectivity index (χ0v) is 25.7. The fraction of sp³-hybridized carbons (Fsp3) is 0.548. The van der Waals surface area contributed by atoms with Crippen molar-refractivity contribution in [2.75, 3.05) is 23.5 Å². The summed E-state index contributed by atoms with van der Waals surface area (Å²) in [6.07, 6.45) is 10.3. The average molecular weight is 565 g/mol. The Bertz CT molecular complexity index is 1040. The van der Waals surface area contributed by atoms with Gasteiger partial charge in [-0.15, -0.1) is 0 Å². The summed E-state index contributed by atoms with van der Waals surface area (Å²) in [7, 11) is 0. The van der Waals surface area contributed by atoms with Crippen molar-refractivity contribution in [1.82, 2.24) is 5.32 Å². The third-order valence-electron chi connectivity index (χ3n) is 7.29. The van der Waals surface area contributed by atoms with Gasteiger partial charge in [0.1, 0.15) is 6.04 Å². The Kier molecular flexibility index (Phi) is 15.7. The van der Waals surface area contributed by atoms with Crippen LogP contribution in [-0.4, -0.2) is 71.5 Å². The van der Waals surface area contributed by atoms with Crippen molar-refractivity contribution in [3.8, 4) is 11.1 Å². The molecule has 3 rings (SSSR count). The van der Waals surface area contributed by atoms with E-state index in [1.807, 2.05) is 67.4 Å². The van der Waals surface area contributed by atoms with E-state index in [1.54, 1.807) is 11.8 Å². The van der Waals surface area contributed by atoms with Crippen LogP contribution in [0.5, 0.6) is 0 Å². The predicted octanol–water partition coefficient (Wildman–Crippen LogP) is 6.83. The van der Waals surface area contributed by atoms with Crippen LogP contribution in [0.4, 0.5) is 0 Å². The molecular formula is C31H43LiNO4S2. The molecular weight excluding hydrogens is 521 g/mol. The number of rotatable bonds is 15. The summed E-state index contributed by atoms with van der Waals surface area (Å²) in [5, 5.41) is 12.4. The van der Waals surface area contributed by atoms with E-state index in [1.165, 1.54) is 32.1 Å². The van der Waals surface area contributed by atoms with E-state index in [4.69, 9.17) is 4.74 Å². The number of carboxylic acid groups (broad SMARTS) is 1. The number of aliphatic carboxylic acids is 1. The van der Waals surface area contributed by atoms with Gasteiger partial charge < -0.3 is 15.2 Å². The number of hydrogen-bond donors (Lipinski definition) is 2. The molecule has 1 aliphatic rings. The van der Waals surface area contributed by atoms with Crippen LogP contribution in [0.1, 0.15) is 73.4 Å². The fourth-order valence-corrected chi connectivity index (χ4v) is 6.35. The van der Waals surface area contributed by atoms with Crippen molar-refractivity contribution in [3.63, 3.8) is 0 Å². The Hall–Kier alpha value is -1.36. The third-order valence-corrected chi connectivity index (χ3v) is 8.95. The number of ether oxygens (including phenoxy) is 1. The summed E-state index contributed by atoms with van der Waals surface area (Å²) < 4.78 is 6.49. The molecule has 0 saturated heterocycles. The van der Waals surface area contributed by atoms with E-state index < -0.39 is 12.0 Å². The molecule has 39 heavy (non-hydrogen) atoms. The van der Waals surface area contributed by atoms with E-state index in [2.05, 4.69) is 12.2 Å². The Morgan fingerprint density at radius 2 is 1.85 bits per heavy atom. The van der Waals surface area contributed by atoms with E-state index in [-0.39, 0.29) is 30.9 Å². The number of thioether (sulfide) groups is 2. The molecule has 2 aromatic rings. The molecule has 1 aliphatic carbocycles. The van der Waals surface area contributed by atoms with Crippen LogP contribution in [0.25, 0.3) is 11.1 Å². The molecule has 5 nitrogen and oxygen atoms in total. The number of benzene rings is 2. The molecule has 1 radical (unpaired) electrons. The quantitative estimate of drug-likeness (QED) is 0.231. The van der Waals surface area contributed by atoms with Crippen LogP contribution in [0.2, 0.25) is 0 Å². The van der Waals surface area contributed by atoms with Gasteiger partial charge in [-0.1, -0.05) is 69.4 Å². The predicted molar refractivity (Wildman–Crippen MR) is 167 cm³/mol. The van der Waals surface area contributed by atoms with Crippen molar-refractivity contribution in [3.05, 3.63) is 59.2 Å². The second kappa shape index (κ2) is 18.1. The van der Waals surface area contributed by atoms with Crippen LogP contribution >= 0.6 is 23.5 Å². The number of aryl methyl sites for hydroxylation is 1. The maximum atomic E-state index is 13.3. The average Bonchev–Trinajstić information content (AvgIpc) is 2.93. The zero-order valence-electron chi connectivity index (χ0n) is 24.0. The first kappa shape index (κ1) is 33.8. The van der Waals surface area contributed by atoms with Crippen LogP contribution in [0, 0.1) is 12.8 Å². The Balaban J connectivity index is 0.00000533. The monoisotopic (exact) mass is 564 g/mol. The molecule has 8 heteroatoms. The van der Waals surface area contributed by atoms with Gasteiger partial charge in [-0.05, 0) is 77.8 Å². The largest absolute Gasteiger partial charge is 0.480 e. The van der Waals surface area contributed by atoms with Crippen molar-refractivity contribution in [1.29, 1.82) is 0 Å². The Morgan fingerprint density at radius 3 is 2.51 bits per heavy atom. The van der Waals surface area contributed by atoms with Gasteiger partial charge in [0.05, 0.1) is 12.7 Å². The maximum absolute atomic E-state index is 13.3. The van der Waals surface area contributed by atoms with Crippen molar-refractivity contribution < 1.29 is 19.4 Å². The first-order chi connectivity index (χ1) is 18.4. The topological polar surface area (TPSA) is 75.6 Å². The van der Waals surface area contributed by atoms with E-state index >= 15 is 0 Å². The van der Waals surface area contributed by atoms with Gasteiger partial charge in [0.2, 0.25) is 0 Å². The number of carboxylic acids is 1. The van der Waals surface area contributed by atoms with Gasteiger partial charge in [-0.3, -0.25) is 4.79 Å². The summed E-state index contributed by atoms with van der Waals surface area (Å²) in [6.45, 7) is 4.71. The molecule has 1 saturated carbocycles. The van der Waals surface area contributed by atoms with Crippen LogP contribution in [-0.2, 0) is 16.1 Å². The van der Waals surface area contributed by atoms with Gasteiger partial charge in [0, 0.05) is 30.2 Å². The first-order valence-corrected chi connectivity index (χ1v) is 16.4. The van der Waals surface area contributed by atoms with Gasteiger partial charge in [0.25, 0.3) is 5.91 Å². The molecule has 0 heterocycles. The van der Waals surface area contributed by atoms with Gasteiger partial charge in [-0.2, -0.15) is 23.5 Å². The number of amides is 1. The number of nitrogens with one attached hydrogen (secondary N) is 1. The van der Waals surface area contributed by atoms with E-state index in [0.29, 0.717) is 24.3 Å². The summed E-state index contributed by atoms with van der Waals surface area (Å²) in [6, 6.07) is 12.9. The SMILES string of the molecule is CCSCC(CC1CCCCC1)OCc1ccc(C(=O)N[C@@H](CCSC)C(=O)O)c(-c2ccccc2C)c1.[Li]. The van der Waals surface area contributed by atoms with E-state index in [9.17, 15) is 14.7 Å². The minimum atomic E-state index is -1.01. The zero-order chi connectivity index (χ0) is 27.3. The minimum absolute atomic E-state index is 0. The number of hydrogen-bond acceptors (Lipinski definition) is 5. The molecule has 1 fully saturated rings. The van der Waals surface area contributed by atoms with Crippen LogP contribution < -0.4 is 5.32 Å². The molecule has 2 atom stereocenters. The Labute approximate surface area is 255 Å². The molecule has 0 spiro atoms. The molecule has 1 amide bonds. The van der Waals surface area contributed by atoms with Crippen molar-refractivity contribution in [2.45, 2.75) is 77.5 Å². The summed E-state index contributed by atoms with van der Waals surface area (Å²) in [5.41, 5.74) is 4.34. The van der Waals surface area contributed by atoms with Crippen LogP contribution in [0.3, 0.4) is 0 Å². The molecule has 209 valence electrons. The summed E-state index contributed by atoms with van der Waals surface area (Å²) in [5.74, 6) is 2.14. The molecule has 0 aliphatic heterocycles. The summed E-state index contributed by atoms with van der Waals surface area (Å²) >= 11 is 3.50.